The summed E-state index contributed by atoms with van der Waals surface area (Å²) in [5, 5.41) is 0.994. The molecule has 7 heteroatoms. The Labute approximate surface area is 186 Å². The van der Waals surface area contributed by atoms with Crippen LogP contribution in [0.25, 0.3) is 10.9 Å². The van der Waals surface area contributed by atoms with Crippen molar-refractivity contribution >= 4 is 32.5 Å². The number of H-pyrrole nitrogens is 1. The van der Waals surface area contributed by atoms with Gasteiger partial charge in [-0.3, -0.25) is 4.79 Å². The minimum atomic E-state index is -3.96. The summed E-state index contributed by atoms with van der Waals surface area (Å²) in [5.41, 5.74) is 2.57. The average molecular weight is 453 g/mol. The number of aromatic nitrogens is 1. The lowest BCUT2D eigenvalue weighted by molar-refractivity contribution is 0.400. The summed E-state index contributed by atoms with van der Waals surface area (Å²) < 4.78 is 28.3. The highest BCUT2D eigenvalue weighted by Crippen LogP contribution is 2.27. The monoisotopic (exact) mass is 452 g/mol. The smallest absolute Gasteiger partial charge is 0.252 e. The fourth-order valence-corrected chi connectivity index (χ4v) is 5.44. The van der Waals surface area contributed by atoms with Gasteiger partial charge in [0, 0.05) is 18.7 Å². The van der Waals surface area contributed by atoms with Crippen molar-refractivity contribution in [2.75, 3.05) is 0 Å². The third kappa shape index (κ3) is 4.42. The van der Waals surface area contributed by atoms with Crippen molar-refractivity contribution in [3.63, 3.8) is 0 Å². The van der Waals surface area contributed by atoms with Gasteiger partial charge in [-0.05, 0) is 41.6 Å². The number of sulfonamides is 1. The number of hydrogen-bond acceptors (Lipinski definition) is 3. The van der Waals surface area contributed by atoms with Crippen LogP contribution < -0.4 is 5.56 Å². The van der Waals surface area contributed by atoms with E-state index >= 15 is 0 Å². The minimum Gasteiger partial charge on any atom is -0.321 e. The molecule has 0 saturated carbocycles. The van der Waals surface area contributed by atoms with E-state index in [0.717, 1.165) is 22.0 Å². The molecule has 1 heterocycles. The highest BCUT2D eigenvalue weighted by molar-refractivity contribution is 7.89. The van der Waals surface area contributed by atoms with Gasteiger partial charge in [0.25, 0.3) is 5.56 Å². The molecule has 158 valence electrons. The van der Waals surface area contributed by atoms with Crippen LogP contribution in [0.15, 0.2) is 88.6 Å². The molecule has 0 saturated heterocycles. The first-order chi connectivity index (χ1) is 14.9. The van der Waals surface area contributed by atoms with E-state index in [1.807, 2.05) is 55.5 Å². The predicted molar refractivity (Wildman–Crippen MR) is 124 cm³/mol. The molecule has 0 amide bonds. The minimum absolute atomic E-state index is 0.0145. The Balaban J connectivity index is 1.80. The van der Waals surface area contributed by atoms with Crippen molar-refractivity contribution in [2.45, 2.75) is 24.9 Å². The highest BCUT2D eigenvalue weighted by Gasteiger charge is 2.28. The fourth-order valence-electron chi connectivity index (χ4n) is 3.54. The Kier molecular flexibility index (Phi) is 5.96. The molecule has 0 aliphatic rings. The molecule has 5 nitrogen and oxygen atoms in total. The van der Waals surface area contributed by atoms with Crippen LogP contribution in [0.1, 0.15) is 16.7 Å². The van der Waals surface area contributed by atoms with E-state index in [1.165, 1.54) is 10.4 Å². The van der Waals surface area contributed by atoms with Gasteiger partial charge in [-0.25, -0.2) is 8.42 Å². The number of aryl methyl sites for hydroxylation is 1. The van der Waals surface area contributed by atoms with E-state index in [4.69, 9.17) is 11.6 Å². The maximum absolute atomic E-state index is 13.5. The number of halogens is 1. The Morgan fingerprint density at radius 2 is 1.61 bits per heavy atom. The molecule has 4 rings (SSSR count). The zero-order valence-electron chi connectivity index (χ0n) is 16.9. The lowest BCUT2D eigenvalue weighted by Crippen LogP contribution is -2.32. The molecule has 0 bridgehead atoms. The summed E-state index contributed by atoms with van der Waals surface area (Å²) in [4.78, 5) is 15.7. The van der Waals surface area contributed by atoms with E-state index in [0.29, 0.717) is 5.56 Å². The van der Waals surface area contributed by atoms with Crippen LogP contribution >= 0.6 is 11.6 Å². The summed E-state index contributed by atoms with van der Waals surface area (Å²) in [7, 11) is -3.96. The third-order valence-corrected chi connectivity index (χ3v) is 7.46. The quantitative estimate of drug-likeness (QED) is 0.453. The van der Waals surface area contributed by atoms with Crippen molar-refractivity contribution in [2.24, 2.45) is 0 Å². The summed E-state index contributed by atoms with van der Waals surface area (Å²) in [5.74, 6) is 0. The third-order valence-electron chi connectivity index (χ3n) is 5.17. The molecule has 0 fully saturated rings. The molecular formula is C24H21ClN2O3S. The molecule has 3 aromatic carbocycles. The van der Waals surface area contributed by atoms with Crippen LogP contribution in [-0.4, -0.2) is 17.7 Å². The van der Waals surface area contributed by atoms with Crippen molar-refractivity contribution in [3.8, 4) is 0 Å². The second-order valence-corrected chi connectivity index (χ2v) is 9.67. The van der Waals surface area contributed by atoms with E-state index in [9.17, 15) is 13.2 Å². The molecule has 0 spiro atoms. The molecule has 1 N–H and O–H groups in total. The van der Waals surface area contributed by atoms with E-state index < -0.39 is 10.0 Å². The number of hydrogen-bond donors (Lipinski definition) is 1. The van der Waals surface area contributed by atoms with Gasteiger partial charge in [-0.1, -0.05) is 72.3 Å². The molecule has 1 aromatic heterocycles. The van der Waals surface area contributed by atoms with Gasteiger partial charge in [0.1, 0.15) is 4.90 Å². The second kappa shape index (κ2) is 8.67. The first-order valence-corrected chi connectivity index (χ1v) is 11.6. The van der Waals surface area contributed by atoms with Gasteiger partial charge >= 0.3 is 0 Å². The van der Waals surface area contributed by atoms with E-state index in [2.05, 4.69) is 4.98 Å². The number of nitrogens with zero attached hydrogens (tertiary/aromatic N) is 1. The number of nitrogens with one attached hydrogen (secondary N) is 1. The van der Waals surface area contributed by atoms with Gasteiger partial charge < -0.3 is 4.98 Å². The van der Waals surface area contributed by atoms with E-state index in [-0.39, 0.29) is 28.6 Å². The second-order valence-electron chi connectivity index (χ2n) is 7.35. The van der Waals surface area contributed by atoms with Gasteiger partial charge in [-0.15, -0.1) is 0 Å². The normalized spacial score (nSPS) is 11.8. The van der Waals surface area contributed by atoms with E-state index in [1.54, 1.807) is 24.3 Å². The molecule has 4 aromatic rings. The van der Waals surface area contributed by atoms with Crippen LogP contribution in [-0.2, 0) is 23.1 Å². The Morgan fingerprint density at radius 1 is 0.903 bits per heavy atom. The number of rotatable bonds is 6. The van der Waals surface area contributed by atoms with Crippen LogP contribution in [0.3, 0.4) is 0 Å². The van der Waals surface area contributed by atoms with Crippen molar-refractivity contribution < 1.29 is 8.42 Å². The van der Waals surface area contributed by atoms with Gasteiger partial charge in [-0.2, -0.15) is 4.31 Å². The van der Waals surface area contributed by atoms with Crippen molar-refractivity contribution in [1.82, 2.24) is 9.29 Å². The van der Waals surface area contributed by atoms with Crippen LogP contribution in [0.5, 0.6) is 0 Å². The Hall–Kier alpha value is -2.93. The first-order valence-electron chi connectivity index (χ1n) is 9.76. The summed E-state index contributed by atoms with van der Waals surface area (Å²) >= 11 is 6.21. The number of fused-ring (bicyclic) bond motifs is 1. The van der Waals surface area contributed by atoms with Crippen LogP contribution in [0.2, 0.25) is 5.02 Å². The maximum atomic E-state index is 13.5. The first kappa shape index (κ1) is 21.3. The molecule has 0 aliphatic heterocycles. The van der Waals surface area contributed by atoms with Crippen molar-refractivity contribution in [1.29, 1.82) is 0 Å². The number of aromatic amines is 1. The van der Waals surface area contributed by atoms with Gasteiger partial charge in [0.15, 0.2) is 0 Å². The summed E-state index contributed by atoms with van der Waals surface area (Å²) in [6, 6.07) is 23.1. The number of para-hydroxylation sites is 1. The zero-order valence-corrected chi connectivity index (χ0v) is 18.5. The highest BCUT2D eigenvalue weighted by atomic mass is 35.5. The Bertz CT molecular complexity index is 1400. The van der Waals surface area contributed by atoms with Crippen LogP contribution in [0.4, 0.5) is 0 Å². The Morgan fingerprint density at radius 3 is 2.35 bits per heavy atom. The molecule has 0 aliphatic carbocycles. The van der Waals surface area contributed by atoms with Gasteiger partial charge in [0.2, 0.25) is 10.0 Å². The SMILES string of the molecule is Cc1cccc2cc(CN(Cc3ccccc3)S(=O)(=O)c3ccccc3Cl)c(=O)[nH]c12. The standard InChI is InChI=1S/C24H21ClN2O3S/c1-17-8-7-11-19-14-20(24(28)26-23(17)19)16-27(15-18-9-3-2-4-10-18)31(29,30)22-13-6-5-12-21(22)25/h2-14H,15-16H2,1H3,(H,26,28). The molecule has 31 heavy (non-hydrogen) atoms. The molecular weight excluding hydrogens is 432 g/mol. The lowest BCUT2D eigenvalue weighted by Gasteiger charge is -2.23. The number of benzene rings is 3. The fraction of sp³-hybridized carbons (Fsp3) is 0.125. The van der Waals surface area contributed by atoms with Crippen LogP contribution in [0, 0.1) is 6.92 Å². The summed E-state index contributed by atoms with van der Waals surface area (Å²) in [6.07, 6.45) is 0. The predicted octanol–water partition coefficient (Wildman–Crippen LogP) is 4.88. The molecule has 0 radical (unpaired) electrons. The number of pyridine rings is 1. The average Bonchev–Trinajstić information content (AvgIpc) is 2.75. The molecule has 0 unspecified atom stereocenters. The lowest BCUT2D eigenvalue weighted by atomic mass is 10.1. The molecule has 0 atom stereocenters. The van der Waals surface area contributed by atoms with Gasteiger partial charge in [0.05, 0.1) is 10.5 Å². The topological polar surface area (TPSA) is 70.2 Å². The maximum Gasteiger partial charge on any atom is 0.252 e. The summed E-state index contributed by atoms with van der Waals surface area (Å²) in [6.45, 7) is 1.95. The van der Waals surface area contributed by atoms with Crippen molar-refractivity contribution in [3.05, 3.63) is 111 Å². The largest absolute Gasteiger partial charge is 0.321 e. The zero-order chi connectivity index (χ0) is 22.0.